The molecule has 2 aromatic rings. The summed E-state index contributed by atoms with van der Waals surface area (Å²) in [5.74, 6) is 1.30. The number of fused-ring (bicyclic) bond motifs is 1. The van der Waals surface area contributed by atoms with Crippen LogP contribution >= 0.6 is 0 Å². The Bertz CT molecular complexity index is 910. The fourth-order valence-corrected chi connectivity index (χ4v) is 4.96. The van der Waals surface area contributed by atoms with E-state index < -0.39 is 0 Å². The summed E-state index contributed by atoms with van der Waals surface area (Å²) in [6.07, 6.45) is 12.1. The Morgan fingerprint density at radius 3 is 2.48 bits per heavy atom. The number of nitrogens with zero attached hydrogens (tertiary/aromatic N) is 2. The summed E-state index contributed by atoms with van der Waals surface area (Å²) in [5.41, 5.74) is 2.62. The molecule has 0 bridgehead atoms. The molecule has 31 heavy (non-hydrogen) atoms. The number of imidazole rings is 1. The summed E-state index contributed by atoms with van der Waals surface area (Å²) in [6, 6.07) is 5.96. The molecule has 4 rings (SSSR count). The SMILES string of the molecule is Cn1c(CCNC(=O)C2CCCCC2)nc2cc(NC(=O)NC3CCCCC3)ccc21. The summed E-state index contributed by atoms with van der Waals surface area (Å²) < 4.78 is 2.06. The minimum absolute atomic E-state index is 0.146. The van der Waals surface area contributed by atoms with Gasteiger partial charge in [0.25, 0.3) is 0 Å². The van der Waals surface area contributed by atoms with Crippen molar-refractivity contribution < 1.29 is 9.59 Å². The monoisotopic (exact) mass is 425 g/mol. The molecule has 0 saturated heterocycles. The second kappa shape index (κ2) is 10.2. The summed E-state index contributed by atoms with van der Waals surface area (Å²) >= 11 is 0. The number of carbonyl (C=O) groups is 2. The number of amides is 3. The number of urea groups is 1. The first-order valence-electron chi connectivity index (χ1n) is 11.9. The van der Waals surface area contributed by atoms with E-state index in [4.69, 9.17) is 4.98 Å². The van der Waals surface area contributed by atoms with Crippen molar-refractivity contribution in [3.8, 4) is 0 Å². The third-order valence-electron chi connectivity index (χ3n) is 6.80. The fraction of sp³-hybridized carbons (Fsp3) is 0.625. The van der Waals surface area contributed by atoms with Crippen molar-refractivity contribution in [2.45, 2.75) is 76.7 Å². The van der Waals surface area contributed by atoms with Crippen molar-refractivity contribution in [2.24, 2.45) is 13.0 Å². The Balaban J connectivity index is 1.32. The highest BCUT2D eigenvalue weighted by Gasteiger charge is 2.21. The number of hydrogen-bond donors (Lipinski definition) is 3. The van der Waals surface area contributed by atoms with E-state index in [0.29, 0.717) is 13.0 Å². The largest absolute Gasteiger partial charge is 0.355 e. The number of benzene rings is 1. The van der Waals surface area contributed by atoms with Crippen LogP contribution in [0.4, 0.5) is 10.5 Å². The van der Waals surface area contributed by atoms with Crippen LogP contribution in [-0.4, -0.2) is 34.1 Å². The van der Waals surface area contributed by atoms with Crippen molar-refractivity contribution >= 4 is 28.7 Å². The molecule has 7 heteroatoms. The molecule has 3 amide bonds. The molecule has 0 aliphatic heterocycles. The highest BCUT2D eigenvalue weighted by molar-refractivity contribution is 5.92. The van der Waals surface area contributed by atoms with E-state index in [1.807, 2.05) is 25.2 Å². The lowest BCUT2D eigenvalue weighted by Crippen LogP contribution is -2.38. The predicted octanol–water partition coefficient (Wildman–Crippen LogP) is 4.27. The highest BCUT2D eigenvalue weighted by Crippen LogP contribution is 2.24. The van der Waals surface area contributed by atoms with Crippen molar-refractivity contribution in [2.75, 3.05) is 11.9 Å². The molecule has 0 atom stereocenters. The number of aryl methyl sites for hydroxylation is 1. The molecule has 7 nitrogen and oxygen atoms in total. The van der Waals surface area contributed by atoms with Gasteiger partial charge in [-0.2, -0.15) is 0 Å². The molecule has 2 saturated carbocycles. The summed E-state index contributed by atoms with van der Waals surface area (Å²) in [4.78, 5) is 29.4. The normalized spacial score (nSPS) is 18.1. The van der Waals surface area contributed by atoms with Gasteiger partial charge in [-0.1, -0.05) is 38.5 Å². The van der Waals surface area contributed by atoms with Gasteiger partial charge in [-0.05, 0) is 43.9 Å². The molecule has 2 aliphatic carbocycles. The van der Waals surface area contributed by atoms with Crippen LogP contribution in [0.2, 0.25) is 0 Å². The van der Waals surface area contributed by atoms with Crippen LogP contribution in [0.3, 0.4) is 0 Å². The zero-order valence-electron chi connectivity index (χ0n) is 18.6. The maximum atomic E-state index is 12.4. The third kappa shape index (κ3) is 5.57. The van der Waals surface area contributed by atoms with E-state index in [-0.39, 0.29) is 23.9 Å². The van der Waals surface area contributed by atoms with E-state index in [1.165, 1.54) is 25.7 Å². The first-order valence-corrected chi connectivity index (χ1v) is 11.9. The molecule has 1 aromatic heterocycles. The van der Waals surface area contributed by atoms with Crippen LogP contribution in [0.1, 0.15) is 70.0 Å². The number of nitrogens with one attached hydrogen (secondary N) is 3. The van der Waals surface area contributed by atoms with Gasteiger partial charge < -0.3 is 20.5 Å². The van der Waals surface area contributed by atoms with E-state index in [1.54, 1.807) is 0 Å². The maximum absolute atomic E-state index is 12.4. The van der Waals surface area contributed by atoms with E-state index in [9.17, 15) is 9.59 Å². The maximum Gasteiger partial charge on any atom is 0.319 e. The molecule has 2 aliphatic rings. The van der Waals surface area contributed by atoms with Crippen molar-refractivity contribution in [3.63, 3.8) is 0 Å². The number of rotatable bonds is 6. The van der Waals surface area contributed by atoms with Crippen LogP contribution in [0.25, 0.3) is 11.0 Å². The average molecular weight is 426 g/mol. The Kier molecular flexibility index (Phi) is 7.10. The number of hydrogen-bond acceptors (Lipinski definition) is 3. The van der Waals surface area contributed by atoms with Gasteiger partial charge >= 0.3 is 6.03 Å². The lowest BCUT2D eigenvalue weighted by Gasteiger charge is -2.22. The van der Waals surface area contributed by atoms with Gasteiger partial charge in [0.2, 0.25) is 5.91 Å². The summed E-state index contributed by atoms with van der Waals surface area (Å²) in [5, 5.41) is 9.12. The van der Waals surface area contributed by atoms with Gasteiger partial charge in [-0.3, -0.25) is 4.79 Å². The fourth-order valence-electron chi connectivity index (χ4n) is 4.96. The first kappa shape index (κ1) is 21.7. The molecule has 1 aromatic carbocycles. The predicted molar refractivity (Wildman–Crippen MR) is 123 cm³/mol. The minimum Gasteiger partial charge on any atom is -0.355 e. The van der Waals surface area contributed by atoms with Gasteiger partial charge in [0.15, 0.2) is 0 Å². The van der Waals surface area contributed by atoms with E-state index in [2.05, 4.69) is 20.5 Å². The third-order valence-corrected chi connectivity index (χ3v) is 6.80. The summed E-state index contributed by atoms with van der Waals surface area (Å²) in [7, 11) is 2.00. The van der Waals surface area contributed by atoms with Crippen LogP contribution in [0, 0.1) is 5.92 Å². The molecule has 0 spiro atoms. The zero-order chi connectivity index (χ0) is 21.6. The Morgan fingerprint density at radius 1 is 1.03 bits per heavy atom. The van der Waals surface area contributed by atoms with Gasteiger partial charge in [0.05, 0.1) is 11.0 Å². The van der Waals surface area contributed by atoms with Crippen LogP contribution in [0.15, 0.2) is 18.2 Å². The van der Waals surface area contributed by atoms with Crippen molar-refractivity contribution in [3.05, 3.63) is 24.0 Å². The van der Waals surface area contributed by atoms with Gasteiger partial charge in [0, 0.05) is 37.7 Å². The lowest BCUT2D eigenvalue weighted by molar-refractivity contribution is -0.125. The molecular weight excluding hydrogens is 390 g/mol. The molecule has 168 valence electrons. The Morgan fingerprint density at radius 2 is 1.74 bits per heavy atom. The standard InChI is InChI=1S/C24H35N5O2/c1-29-21-13-12-19(27-24(31)26-18-10-6-3-7-11-18)16-20(21)28-22(29)14-15-25-23(30)17-8-4-2-5-9-17/h12-13,16-18H,2-11,14-15H2,1H3,(H,25,30)(H2,26,27,31). The quantitative estimate of drug-likeness (QED) is 0.646. The summed E-state index contributed by atoms with van der Waals surface area (Å²) in [6.45, 7) is 0.599. The highest BCUT2D eigenvalue weighted by atomic mass is 16.2. The topological polar surface area (TPSA) is 88.1 Å². The number of carbonyl (C=O) groups excluding carboxylic acids is 2. The van der Waals surface area contributed by atoms with Crippen LogP contribution in [0.5, 0.6) is 0 Å². The Hall–Kier alpha value is -2.57. The minimum atomic E-state index is -0.146. The van der Waals surface area contributed by atoms with Crippen molar-refractivity contribution in [1.82, 2.24) is 20.2 Å². The molecule has 0 radical (unpaired) electrons. The Labute approximate surface area is 184 Å². The zero-order valence-corrected chi connectivity index (χ0v) is 18.6. The molecule has 1 heterocycles. The van der Waals surface area contributed by atoms with E-state index in [0.717, 1.165) is 61.1 Å². The van der Waals surface area contributed by atoms with Gasteiger partial charge in [-0.15, -0.1) is 0 Å². The molecule has 3 N–H and O–H groups in total. The van der Waals surface area contributed by atoms with Crippen LogP contribution in [-0.2, 0) is 18.3 Å². The number of aromatic nitrogens is 2. The second-order valence-corrected chi connectivity index (χ2v) is 9.10. The molecule has 2 fully saturated rings. The average Bonchev–Trinajstić information content (AvgIpc) is 3.09. The lowest BCUT2D eigenvalue weighted by atomic mass is 9.89. The van der Waals surface area contributed by atoms with E-state index >= 15 is 0 Å². The second-order valence-electron chi connectivity index (χ2n) is 9.10. The molecule has 0 unspecified atom stereocenters. The van der Waals surface area contributed by atoms with Gasteiger partial charge in [0.1, 0.15) is 5.82 Å². The van der Waals surface area contributed by atoms with Crippen molar-refractivity contribution in [1.29, 1.82) is 0 Å². The van der Waals surface area contributed by atoms with Gasteiger partial charge in [-0.25, -0.2) is 9.78 Å². The van der Waals surface area contributed by atoms with Crippen LogP contribution < -0.4 is 16.0 Å². The smallest absolute Gasteiger partial charge is 0.319 e. The first-order chi connectivity index (χ1) is 15.1. The molecular formula is C24H35N5O2. The number of anilines is 1.